The molecule has 1 aromatic rings. The van der Waals surface area contributed by atoms with Gasteiger partial charge in [0.25, 0.3) is 5.91 Å². The summed E-state index contributed by atoms with van der Waals surface area (Å²) in [5.41, 5.74) is 5.22. The standard InChI is InChI=1S/C17H23FN2O4/c1-23-15-7-4-10-20(13(15)8-9-16(19)21)17(22)11-24-14-6-3-2-5-12(14)18/h2-3,5-6,13,15H,4,7-11H2,1H3,(H2,19,21)/t13-,15-/m0/s1. The van der Waals surface area contributed by atoms with Gasteiger partial charge in [-0.15, -0.1) is 0 Å². The van der Waals surface area contributed by atoms with Crippen LogP contribution in [0.15, 0.2) is 24.3 Å². The molecule has 2 atom stereocenters. The summed E-state index contributed by atoms with van der Waals surface area (Å²) in [7, 11) is 1.59. The van der Waals surface area contributed by atoms with Gasteiger partial charge >= 0.3 is 0 Å². The van der Waals surface area contributed by atoms with Crippen molar-refractivity contribution in [3.8, 4) is 5.75 Å². The molecule has 1 aromatic carbocycles. The van der Waals surface area contributed by atoms with Gasteiger partial charge in [-0.05, 0) is 31.4 Å². The van der Waals surface area contributed by atoms with Crippen molar-refractivity contribution in [2.45, 2.75) is 37.8 Å². The first-order valence-electron chi connectivity index (χ1n) is 8.00. The third-order valence-electron chi connectivity index (χ3n) is 4.21. The normalized spacial score (nSPS) is 20.7. The maximum atomic E-state index is 13.6. The van der Waals surface area contributed by atoms with Gasteiger partial charge in [-0.1, -0.05) is 12.1 Å². The van der Waals surface area contributed by atoms with E-state index in [2.05, 4.69) is 0 Å². The Kier molecular flexibility index (Phi) is 6.54. The average molecular weight is 338 g/mol. The number of hydrogen-bond donors (Lipinski definition) is 1. The molecule has 2 N–H and O–H groups in total. The van der Waals surface area contributed by atoms with Crippen LogP contribution < -0.4 is 10.5 Å². The number of hydrogen-bond acceptors (Lipinski definition) is 4. The molecule has 132 valence electrons. The van der Waals surface area contributed by atoms with E-state index in [0.29, 0.717) is 13.0 Å². The smallest absolute Gasteiger partial charge is 0.260 e. The summed E-state index contributed by atoms with van der Waals surface area (Å²) in [4.78, 5) is 25.2. The molecule has 0 aliphatic carbocycles. The molecule has 0 radical (unpaired) electrons. The Morgan fingerprint density at radius 2 is 2.12 bits per heavy atom. The van der Waals surface area contributed by atoms with E-state index >= 15 is 0 Å². The number of para-hydroxylation sites is 1. The Balaban J connectivity index is 2.01. The van der Waals surface area contributed by atoms with Gasteiger partial charge in [0.15, 0.2) is 18.2 Å². The summed E-state index contributed by atoms with van der Waals surface area (Å²) in [6.45, 7) is 0.299. The van der Waals surface area contributed by atoms with Crippen molar-refractivity contribution < 1.29 is 23.5 Å². The number of amides is 2. The molecule has 0 aromatic heterocycles. The van der Waals surface area contributed by atoms with Crippen LogP contribution in [-0.4, -0.2) is 49.1 Å². The van der Waals surface area contributed by atoms with Gasteiger partial charge in [0, 0.05) is 20.1 Å². The van der Waals surface area contributed by atoms with E-state index in [-0.39, 0.29) is 36.8 Å². The fraction of sp³-hybridized carbons (Fsp3) is 0.529. The Bertz CT molecular complexity index is 581. The van der Waals surface area contributed by atoms with Gasteiger partial charge < -0.3 is 20.1 Å². The highest BCUT2D eigenvalue weighted by Crippen LogP contribution is 2.24. The number of nitrogens with two attached hydrogens (primary N) is 1. The minimum absolute atomic E-state index is 0.0415. The highest BCUT2D eigenvalue weighted by molar-refractivity contribution is 5.78. The lowest BCUT2D eigenvalue weighted by atomic mass is 9.94. The third-order valence-corrected chi connectivity index (χ3v) is 4.21. The minimum atomic E-state index is -0.510. The lowest BCUT2D eigenvalue weighted by molar-refractivity contribution is -0.143. The van der Waals surface area contributed by atoms with Gasteiger partial charge in [-0.2, -0.15) is 0 Å². The molecule has 1 saturated heterocycles. The van der Waals surface area contributed by atoms with Crippen LogP contribution in [0.3, 0.4) is 0 Å². The molecule has 2 rings (SSSR count). The molecule has 0 bridgehead atoms. The van der Waals surface area contributed by atoms with E-state index in [1.165, 1.54) is 12.1 Å². The number of carbonyl (C=O) groups is 2. The van der Waals surface area contributed by atoms with E-state index in [1.807, 2.05) is 0 Å². The molecule has 1 aliphatic rings. The molecular formula is C17H23FN2O4. The second-order valence-electron chi connectivity index (χ2n) is 5.79. The Morgan fingerprint density at radius 3 is 2.79 bits per heavy atom. The van der Waals surface area contributed by atoms with Crippen LogP contribution in [0.4, 0.5) is 4.39 Å². The number of ether oxygens (including phenoxy) is 2. The first kappa shape index (κ1) is 18.2. The summed E-state index contributed by atoms with van der Waals surface area (Å²) in [6.07, 6.45) is 2.10. The maximum Gasteiger partial charge on any atom is 0.260 e. The monoisotopic (exact) mass is 338 g/mol. The number of benzene rings is 1. The molecule has 2 amide bonds. The number of likely N-dealkylation sites (tertiary alicyclic amines) is 1. The fourth-order valence-corrected chi connectivity index (χ4v) is 3.02. The Labute approximate surface area is 140 Å². The third kappa shape index (κ3) is 4.67. The van der Waals surface area contributed by atoms with Crippen molar-refractivity contribution >= 4 is 11.8 Å². The molecule has 6 nitrogen and oxygen atoms in total. The van der Waals surface area contributed by atoms with Crippen molar-refractivity contribution in [2.75, 3.05) is 20.3 Å². The largest absolute Gasteiger partial charge is 0.481 e. The van der Waals surface area contributed by atoms with Gasteiger partial charge in [0.1, 0.15) is 0 Å². The number of nitrogens with zero attached hydrogens (tertiary/aromatic N) is 1. The summed E-state index contributed by atoms with van der Waals surface area (Å²) in [6, 6.07) is 5.71. The van der Waals surface area contributed by atoms with Crippen LogP contribution in [0, 0.1) is 5.82 Å². The zero-order chi connectivity index (χ0) is 17.5. The summed E-state index contributed by atoms with van der Waals surface area (Å²) in [5, 5.41) is 0. The van der Waals surface area contributed by atoms with Gasteiger partial charge in [-0.3, -0.25) is 9.59 Å². The number of carbonyl (C=O) groups excluding carboxylic acids is 2. The molecule has 24 heavy (non-hydrogen) atoms. The van der Waals surface area contributed by atoms with Crippen LogP contribution >= 0.6 is 0 Å². The SMILES string of the molecule is CO[C@H]1CCCN(C(=O)COc2ccccc2F)[C@H]1CCC(N)=O. The van der Waals surface area contributed by atoms with Crippen molar-refractivity contribution in [1.29, 1.82) is 0 Å². The van der Waals surface area contributed by atoms with Crippen molar-refractivity contribution in [2.24, 2.45) is 5.73 Å². The average Bonchev–Trinajstić information content (AvgIpc) is 2.58. The van der Waals surface area contributed by atoms with Gasteiger partial charge in [0.05, 0.1) is 12.1 Å². The van der Waals surface area contributed by atoms with E-state index in [0.717, 1.165) is 12.8 Å². The van der Waals surface area contributed by atoms with Gasteiger partial charge in [0.2, 0.25) is 5.91 Å². The van der Waals surface area contributed by atoms with Crippen molar-refractivity contribution in [1.82, 2.24) is 4.90 Å². The Morgan fingerprint density at radius 1 is 1.38 bits per heavy atom. The molecule has 1 aliphatic heterocycles. The van der Waals surface area contributed by atoms with Crippen LogP contribution in [-0.2, 0) is 14.3 Å². The first-order chi connectivity index (χ1) is 11.5. The number of halogens is 1. The van der Waals surface area contributed by atoms with Crippen LogP contribution in [0.1, 0.15) is 25.7 Å². The highest BCUT2D eigenvalue weighted by Gasteiger charge is 2.34. The second kappa shape index (κ2) is 8.63. The molecule has 0 saturated carbocycles. The molecule has 1 heterocycles. The zero-order valence-corrected chi connectivity index (χ0v) is 13.7. The lowest BCUT2D eigenvalue weighted by Gasteiger charge is -2.40. The molecule has 0 spiro atoms. The molecular weight excluding hydrogens is 315 g/mol. The topological polar surface area (TPSA) is 81.9 Å². The van der Waals surface area contributed by atoms with E-state index < -0.39 is 11.7 Å². The summed E-state index contributed by atoms with van der Waals surface area (Å²) < 4.78 is 24.3. The lowest BCUT2D eigenvalue weighted by Crippen LogP contribution is -2.53. The molecule has 7 heteroatoms. The predicted octanol–water partition coefficient (Wildman–Crippen LogP) is 1.48. The molecule has 1 fully saturated rings. The number of rotatable bonds is 7. The highest BCUT2D eigenvalue weighted by atomic mass is 19.1. The quantitative estimate of drug-likeness (QED) is 0.816. The predicted molar refractivity (Wildman–Crippen MR) is 85.9 cm³/mol. The molecule has 0 unspecified atom stereocenters. The van der Waals surface area contributed by atoms with Crippen LogP contribution in [0.25, 0.3) is 0 Å². The van der Waals surface area contributed by atoms with E-state index in [4.69, 9.17) is 15.2 Å². The summed E-state index contributed by atoms with van der Waals surface area (Å²) >= 11 is 0. The summed E-state index contributed by atoms with van der Waals surface area (Å²) in [5.74, 6) is -1.14. The Hall–Kier alpha value is -2.15. The van der Waals surface area contributed by atoms with Crippen molar-refractivity contribution in [3.63, 3.8) is 0 Å². The van der Waals surface area contributed by atoms with E-state index in [1.54, 1.807) is 24.1 Å². The van der Waals surface area contributed by atoms with Crippen LogP contribution in [0.5, 0.6) is 5.75 Å². The maximum absolute atomic E-state index is 13.6. The number of piperidine rings is 1. The fourth-order valence-electron chi connectivity index (χ4n) is 3.02. The first-order valence-corrected chi connectivity index (χ1v) is 8.00. The zero-order valence-electron chi connectivity index (χ0n) is 13.7. The van der Waals surface area contributed by atoms with Crippen molar-refractivity contribution in [3.05, 3.63) is 30.1 Å². The minimum Gasteiger partial charge on any atom is -0.481 e. The van der Waals surface area contributed by atoms with Crippen LogP contribution in [0.2, 0.25) is 0 Å². The van der Waals surface area contributed by atoms with Gasteiger partial charge in [-0.25, -0.2) is 4.39 Å². The number of primary amides is 1. The second-order valence-corrected chi connectivity index (χ2v) is 5.79. The van der Waals surface area contributed by atoms with E-state index in [9.17, 15) is 14.0 Å². The number of methoxy groups -OCH3 is 1.